The molecule has 1 aromatic rings. The van der Waals surface area contributed by atoms with E-state index >= 15 is 0 Å². The van der Waals surface area contributed by atoms with Gasteiger partial charge in [-0.05, 0) is 43.2 Å². The number of nitrogens with two attached hydrogens (primary N) is 1. The smallest absolute Gasteiger partial charge is 0.269 e. The van der Waals surface area contributed by atoms with Crippen molar-refractivity contribution in [3.8, 4) is 0 Å². The maximum absolute atomic E-state index is 11.4. The third-order valence-electron chi connectivity index (χ3n) is 2.46. The molecule has 0 saturated carbocycles. The van der Waals surface area contributed by atoms with Crippen molar-refractivity contribution in [2.45, 2.75) is 12.8 Å². The molecule has 1 amide bonds. The number of amides is 1. The molecule has 0 aliphatic heterocycles. The van der Waals surface area contributed by atoms with Crippen LogP contribution >= 0.6 is 0 Å². The Morgan fingerprint density at radius 2 is 2.00 bits per heavy atom. The number of nitro groups is 1. The molecular weight excluding hydrogens is 246 g/mol. The van der Waals surface area contributed by atoms with E-state index in [1.165, 1.54) is 18.2 Å². The Labute approximate surface area is 111 Å². The van der Waals surface area contributed by atoms with Crippen molar-refractivity contribution in [3.05, 3.63) is 46.0 Å². The summed E-state index contributed by atoms with van der Waals surface area (Å²) >= 11 is 0. The van der Waals surface area contributed by atoms with Crippen LogP contribution in [-0.2, 0) is 4.79 Å². The first kappa shape index (κ1) is 14.8. The lowest BCUT2D eigenvalue weighted by atomic mass is 10.2. The van der Waals surface area contributed by atoms with Crippen molar-refractivity contribution < 1.29 is 9.72 Å². The van der Waals surface area contributed by atoms with Crippen LogP contribution in [-0.4, -0.2) is 23.9 Å². The molecule has 0 spiro atoms. The second-order valence-electron chi connectivity index (χ2n) is 3.97. The van der Waals surface area contributed by atoms with Crippen LogP contribution in [0.3, 0.4) is 0 Å². The minimum atomic E-state index is -0.461. The van der Waals surface area contributed by atoms with Crippen LogP contribution in [0.5, 0.6) is 0 Å². The SMILES string of the molecule is NCCCCNC(=O)/C=C/c1ccc([N+](=O)[O-])cc1. The Hall–Kier alpha value is -2.21. The topological polar surface area (TPSA) is 98.3 Å². The van der Waals surface area contributed by atoms with Crippen LogP contribution in [0.1, 0.15) is 18.4 Å². The molecule has 3 N–H and O–H groups in total. The van der Waals surface area contributed by atoms with Crippen molar-refractivity contribution in [3.63, 3.8) is 0 Å². The zero-order chi connectivity index (χ0) is 14.1. The van der Waals surface area contributed by atoms with Gasteiger partial charge in [0.2, 0.25) is 5.91 Å². The van der Waals surface area contributed by atoms with Crippen LogP contribution in [0, 0.1) is 10.1 Å². The average molecular weight is 263 g/mol. The Balaban J connectivity index is 2.43. The van der Waals surface area contributed by atoms with Crippen LogP contribution in [0.25, 0.3) is 6.08 Å². The Morgan fingerprint density at radius 3 is 2.58 bits per heavy atom. The molecular formula is C13H17N3O3. The van der Waals surface area contributed by atoms with Crippen LogP contribution in [0.4, 0.5) is 5.69 Å². The highest BCUT2D eigenvalue weighted by atomic mass is 16.6. The van der Waals surface area contributed by atoms with Gasteiger partial charge in [-0.25, -0.2) is 0 Å². The van der Waals surface area contributed by atoms with Gasteiger partial charge in [0.15, 0.2) is 0 Å². The van der Waals surface area contributed by atoms with Crippen molar-refractivity contribution in [2.24, 2.45) is 5.73 Å². The summed E-state index contributed by atoms with van der Waals surface area (Å²) in [7, 11) is 0. The molecule has 1 aromatic carbocycles. The summed E-state index contributed by atoms with van der Waals surface area (Å²) in [6.45, 7) is 1.22. The van der Waals surface area contributed by atoms with Crippen LogP contribution in [0.2, 0.25) is 0 Å². The first-order chi connectivity index (χ1) is 9.13. The average Bonchev–Trinajstić information content (AvgIpc) is 2.42. The number of carbonyl (C=O) groups excluding carboxylic acids is 1. The van der Waals surface area contributed by atoms with E-state index in [9.17, 15) is 14.9 Å². The Bertz CT molecular complexity index is 455. The Morgan fingerprint density at radius 1 is 1.32 bits per heavy atom. The van der Waals surface area contributed by atoms with Gasteiger partial charge in [0.25, 0.3) is 5.69 Å². The molecule has 0 saturated heterocycles. The number of nitrogens with one attached hydrogen (secondary N) is 1. The monoisotopic (exact) mass is 263 g/mol. The summed E-state index contributed by atoms with van der Waals surface area (Å²) in [5.74, 6) is -0.185. The maximum Gasteiger partial charge on any atom is 0.269 e. The highest BCUT2D eigenvalue weighted by molar-refractivity contribution is 5.91. The molecule has 0 fully saturated rings. The molecule has 0 heterocycles. The third kappa shape index (κ3) is 5.78. The van der Waals surface area contributed by atoms with Crippen molar-refractivity contribution in [1.82, 2.24) is 5.32 Å². The van der Waals surface area contributed by atoms with E-state index < -0.39 is 4.92 Å². The number of nitro benzene ring substituents is 1. The number of hydrogen-bond acceptors (Lipinski definition) is 4. The highest BCUT2D eigenvalue weighted by Crippen LogP contribution is 2.12. The van der Waals surface area contributed by atoms with Crippen molar-refractivity contribution >= 4 is 17.7 Å². The molecule has 0 radical (unpaired) electrons. The standard InChI is InChI=1S/C13H17N3O3/c14-9-1-2-10-15-13(17)8-5-11-3-6-12(7-4-11)16(18)19/h3-8H,1-2,9-10,14H2,(H,15,17)/b8-5+. The lowest BCUT2D eigenvalue weighted by Crippen LogP contribution is -2.22. The van der Waals surface area contributed by atoms with E-state index in [0.29, 0.717) is 13.1 Å². The lowest BCUT2D eigenvalue weighted by Gasteiger charge is -2.00. The summed E-state index contributed by atoms with van der Waals surface area (Å²) in [5, 5.41) is 13.2. The number of nitrogens with zero attached hydrogens (tertiary/aromatic N) is 1. The molecule has 0 aromatic heterocycles. The molecule has 1 rings (SSSR count). The summed E-state index contributed by atoms with van der Waals surface area (Å²) in [5.41, 5.74) is 6.11. The van der Waals surface area contributed by atoms with E-state index in [-0.39, 0.29) is 11.6 Å². The summed E-state index contributed by atoms with van der Waals surface area (Å²) in [6.07, 6.45) is 4.76. The van der Waals surface area contributed by atoms with Gasteiger partial charge in [-0.2, -0.15) is 0 Å². The fraction of sp³-hybridized carbons (Fsp3) is 0.308. The molecule has 0 aliphatic rings. The fourth-order valence-corrected chi connectivity index (χ4v) is 1.42. The molecule has 6 heteroatoms. The molecule has 0 atom stereocenters. The predicted octanol–water partition coefficient (Wildman–Crippen LogP) is 1.46. The van der Waals surface area contributed by atoms with Crippen molar-refractivity contribution in [1.29, 1.82) is 0 Å². The van der Waals surface area contributed by atoms with Gasteiger partial charge in [0.1, 0.15) is 0 Å². The quantitative estimate of drug-likeness (QED) is 0.337. The number of non-ortho nitro benzene ring substituents is 1. The molecule has 102 valence electrons. The van der Waals surface area contributed by atoms with Crippen molar-refractivity contribution in [2.75, 3.05) is 13.1 Å². The van der Waals surface area contributed by atoms with E-state index in [1.54, 1.807) is 18.2 Å². The number of rotatable bonds is 7. The second-order valence-corrected chi connectivity index (χ2v) is 3.97. The number of benzene rings is 1. The predicted molar refractivity (Wildman–Crippen MR) is 73.4 cm³/mol. The fourth-order valence-electron chi connectivity index (χ4n) is 1.42. The minimum Gasteiger partial charge on any atom is -0.353 e. The van der Waals surface area contributed by atoms with Gasteiger partial charge in [0.05, 0.1) is 4.92 Å². The first-order valence-corrected chi connectivity index (χ1v) is 6.04. The first-order valence-electron chi connectivity index (χ1n) is 6.04. The minimum absolute atomic E-state index is 0.0309. The highest BCUT2D eigenvalue weighted by Gasteiger charge is 2.02. The van der Waals surface area contributed by atoms with E-state index in [0.717, 1.165) is 18.4 Å². The largest absolute Gasteiger partial charge is 0.353 e. The van der Waals surface area contributed by atoms with Gasteiger partial charge in [-0.3, -0.25) is 14.9 Å². The summed E-state index contributed by atoms with van der Waals surface area (Å²) in [6, 6.07) is 5.99. The molecule has 0 bridgehead atoms. The van der Waals surface area contributed by atoms with Gasteiger partial charge in [-0.15, -0.1) is 0 Å². The van der Waals surface area contributed by atoms with Gasteiger partial charge in [-0.1, -0.05) is 0 Å². The number of hydrogen-bond donors (Lipinski definition) is 2. The maximum atomic E-state index is 11.4. The van der Waals surface area contributed by atoms with E-state index in [2.05, 4.69) is 5.32 Å². The number of carbonyl (C=O) groups is 1. The van der Waals surface area contributed by atoms with Gasteiger partial charge < -0.3 is 11.1 Å². The van der Waals surface area contributed by atoms with Crippen LogP contribution < -0.4 is 11.1 Å². The van der Waals surface area contributed by atoms with Gasteiger partial charge in [0, 0.05) is 24.8 Å². The molecule has 0 unspecified atom stereocenters. The Kier molecular flexibility index (Phi) is 6.25. The molecule has 6 nitrogen and oxygen atoms in total. The normalized spacial score (nSPS) is 10.6. The summed E-state index contributed by atoms with van der Waals surface area (Å²) < 4.78 is 0. The molecule has 19 heavy (non-hydrogen) atoms. The zero-order valence-electron chi connectivity index (χ0n) is 10.5. The summed E-state index contributed by atoms with van der Waals surface area (Å²) in [4.78, 5) is 21.4. The lowest BCUT2D eigenvalue weighted by molar-refractivity contribution is -0.384. The zero-order valence-corrected chi connectivity index (χ0v) is 10.5. The van der Waals surface area contributed by atoms with Gasteiger partial charge >= 0.3 is 0 Å². The second kappa shape index (κ2) is 7.99. The van der Waals surface area contributed by atoms with E-state index in [1.807, 2.05) is 0 Å². The van der Waals surface area contributed by atoms with Crippen LogP contribution in [0.15, 0.2) is 30.3 Å². The van der Waals surface area contributed by atoms with E-state index in [4.69, 9.17) is 5.73 Å². The number of unbranched alkanes of at least 4 members (excludes halogenated alkanes) is 1. The third-order valence-corrected chi connectivity index (χ3v) is 2.46. The molecule has 0 aliphatic carbocycles.